The number of hydrogen-bond donors (Lipinski definition) is 1. The largest absolute Gasteiger partial charge is 0.496 e. The molecule has 0 aliphatic carbocycles. The van der Waals surface area contributed by atoms with Crippen LogP contribution in [0.3, 0.4) is 0 Å². The fourth-order valence-electron chi connectivity index (χ4n) is 2.60. The monoisotopic (exact) mass is 303 g/mol. The van der Waals surface area contributed by atoms with Crippen molar-refractivity contribution in [1.29, 1.82) is 0 Å². The normalized spacial score (nSPS) is 12.5. The van der Waals surface area contributed by atoms with Crippen LogP contribution in [0.1, 0.15) is 31.1 Å². The van der Waals surface area contributed by atoms with Crippen LogP contribution in [-0.2, 0) is 13.1 Å². The van der Waals surface area contributed by atoms with E-state index in [9.17, 15) is 5.11 Å². The first-order chi connectivity index (χ1) is 10.7. The van der Waals surface area contributed by atoms with Gasteiger partial charge in [0.25, 0.3) is 0 Å². The van der Waals surface area contributed by atoms with Crippen LogP contribution in [0, 0.1) is 0 Å². The number of furan rings is 1. The SMILES string of the molecule is CCCC(O)CN(Cc1ccco1)Cc1ccccc1OC. The van der Waals surface area contributed by atoms with Crippen molar-refractivity contribution >= 4 is 0 Å². The van der Waals surface area contributed by atoms with E-state index in [4.69, 9.17) is 9.15 Å². The summed E-state index contributed by atoms with van der Waals surface area (Å²) in [7, 11) is 1.68. The Kier molecular flexibility index (Phi) is 6.49. The van der Waals surface area contributed by atoms with Gasteiger partial charge >= 0.3 is 0 Å². The van der Waals surface area contributed by atoms with Crippen molar-refractivity contribution in [2.75, 3.05) is 13.7 Å². The molecule has 0 radical (unpaired) electrons. The number of rotatable bonds is 9. The average molecular weight is 303 g/mol. The molecule has 1 N–H and O–H groups in total. The number of ether oxygens (including phenoxy) is 1. The molecule has 4 heteroatoms. The number of benzene rings is 1. The molecule has 0 saturated carbocycles. The third-order valence-electron chi connectivity index (χ3n) is 3.64. The molecule has 0 bridgehead atoms. The van der Waals surface area contributed by atoms with E-state index in [1.165, 1.54) is 0 Å². The van der Waals surface area contributed by atoms with E-state index in [-0.39, 0.29) is 6.10 Å². The Morgan fingerprint density at radius 1 is 1.18 bits per heavy atom. The molecule has 2 aromatic rings. The van der Waals surface area contributed by atoms with Crippen LogP contribution in [-0.4, -0.2) is 29.8 Å². The van der Waals surface area contributed by atoms with E-state index in [2.05, 4.69) is 17.9 Å². The Hall–Kier alpha value is -1.78. The Balaban J connectivity index is 2.09. The van der Waals surface area contributed by atoms with Crippen molar-refractivity contribution in [3.05, 3.63) is 54.0 Å². The molecule has 0 aliphatic rings. The molecule has 1 heterocycles. The molecule has 2 rings (SSSR count). The standard InChI is InChI=1S/C18H25NO3/c1-3-7-16(20)13-19(14-17-9-6-11-22-17)12-15-8-4-5-10-18(15)21-2/h4-6,8-11,16,20H,3,7,12-14H2,1-2H3. The van der Waals surface area contributed by atoms with Crippen LogP contribution >= 0.6 is 0 Å². The van der Waals surface area contributed by atoms with E-state index >= 15 is 0 Å². The maximum atomic E-state index is 10.1. The first-order valence-corrected chi connectivity index (χ1v) is 7.77. The molecule has 0 saturated heterocycles. The first-order valence-electron chi connectivity index (χ1n) is 7.77. The molecule has 1 unspecified atom stereocenters. The smallest absolute Gasteiger partial charge is 0.123 e. The molecule has 4 nitrogen and oxygen atoms in total. The van der Waals surface area contributed by atoms with Crippen molar-refractivity contribution in [1.82, 2.24) is 4.90 Å². The van der Waals surface area contributed by atoms with Gasteiger partial charge in [0, 0.05) is 18.7 Å². The van der Waals surface area contributed by atoms with Gasteiger partial charge in [-0.1, -0.05) is 31.5 Å². The van der Waals surface area contributed by atoms with Crippen molar-refractivity contribution in [2.45, 2.75) is 39.0 Å². The van der Waals surface area contributed by atoms with Gasteiger partial charge in [-0.25, -0.2) is 0 Å². The molecule has 1 aromatic heterocycles. The summed E-state index contributed by atoms with van der Waals surface area (Å²) in [6, 6.07) is 11.8. The van der Waals surface area contributed by atoms with Gasteiger partial charge in [0.2, 0.25) is 0 Å². The van der Waals surface area contributed by atoms with E-state index in [0.717, 1.165) is 29.9 Å². The number of methoxy groups -OCH3 is 1. The van der Waals surface area contributed by atoms with Gasteiger partial charge in [0.05, 0.1) is 26.0 Å². The number of para-hydroxylation sites is 1. The van der Waals surface area contributed by atoms with Crippen molar-refractivity contribution in [3.8, 4) is 5.75 Å². The lowest BCUT2D eigenvalue weighted by Gasteiger charge is -2.25. The highest BCUT2D eigenvalue weighted by Crippen LogP contribution is 2.21. The lowest BCUT2D eigenvalue weighted by atomic mass is 10.1. The zero-order valence-corrected chi connectivity index (χ0v) is 13.4. The highest BCUT2D eigenvalue weighted by Gasteiger charge is 2.15. The van der Waals surface area contributed by atoms with E-state index < -0.39 is 0 Å². The third-order valence-corrected chi connectivity index (χ3v) is 3.64. The molecule has 22 heavy (non-hydrogen) atoms. The minimum absolute atomic E-state index is 0.324. The summed E-state index contributed by atoms with van der Waals surface area (Å²) in [6.45, 7) is 4.09. The second-order valence-electron chi connectivity index (χ2n) is 5.50. The van der Waals surface area contributed by atoms with Crippen LogP contribution < -0.4 is 4.74 Å². The first kappa shape index (κ1) is 16.6. The Morgan fingerprint density at radius 3 is 2.68 bits per heavy atom. The zero-order chi connectivity index (χ0) is 15.8. The lowest BCUT2D eigenvalue weighted by Crippen LogP contribution is -2.31. The van der Waals surface area contributed by atoms with Gasteiger partial charge in [-0.2, -0.15) is 0 Å². The summed E-state index contributed by atoms with van der Waals surface area (Å²) in [5.41, 5.74) is 1.11. The molecule has 1 aromatic carbocycles. The topological polar surface area (TPSA) is 45.8 Å². The number of hydrogen-bond acceptors (Lipinski definition) is 4. The summed E-state index contributed by atoms with van der Waals surface area (Å²) in [6.07, 6.45) is 3.14. The third kappa shape index (κ3) is 4.90. The van der Waals surface area contributed by atoms with Crippen LogP contribution in [0.5, 0.6) is 5.75 Å². The van der Waals surface area contributed by atoms with Gasteiger partial charge in [-0.15, -0.1) is 0 Å². The van der Waals surface area contributed by atoms with Crippen molar-refractivity contribution < 1.29 is 14.3 Å². The highest BCUT2D eigenvalue weighted by atomic mass is 16.5. The number of aliphatic hydroxyl groups is 1. The minimum Gasteiger partial charge on any atom is -0.496 e. The molecule has 0 spiro atoms. The molecule has 0 fully saturated rings. The fourth-order valence-corrected chi connectivity index (χ4v) is 2.60. The van der Waals surface area contributed by atoms with Gasteiger partial charge in [-0.3, -0.25) is 4.90 Å². The predicted molar refractivity (Wildman–Crippen MR) is 86.7 cm³/mol. The van der Waals surface area contributed by atoms with Crippen molar-refractivity contribution in [3.63, 3.8) is 0 Å². The lowest BCUT2D eigenvalue weighted by molar-refractivity contribution is 0.0927. The summed E-state index contributed by atoms with van der Waals surface area (Å²) < 4.78 is 10.9. The second-order valence-corrected chi connectivity index (χ2v) is 5.50. The maximum absolute atomic E-state index is 10.1. The Morgan fingerprint density at radius 2 is 2.00 bits per heavy atom. The number of nitrogens with zero attached hydrogens (tertiary/aromatic N) is 1. The van der Waals surface area contributed by atoms with Gasteiger partial charge < -0.3 is 14.3 Å². The number of aliphatic hydroxyl groups excluding tert-OH is 1. The fraction of sp³-hybridized carbons (Fsp3) is 0.444. The van der Waals surface area contributed by atoms with Gasteiger partial charge in [-0.05, 0) is 24.6 Å². The Labute approximate surface area is 132 Å². The molecule has 120 valence electrons. The Bertz CT molecular complexity index is 539. The summed E-state index contributed by atoms with van der Waals surface area (Å²) in [4.78, 5) is 2.19. The molecular formula is C18H25NO3. The van der Waals surface area contributed by atoms with Crippen molar-refractivity contribution in [2.24, 2.45) is 0 Å². The predicted octanol–water partition coefficient (Wildman–Crippen LogP) is 3.45. The molecule has 0 aliphatic heterocycles. The summed E-state index contributed by atoms with van der Waals surface area (Å²) >= 11 is 0. The minimum atomic E-state index is -0.324. The second kappa shape index (κ2) is 8.61. The van der Waals surface area contributed by atoms with Crippen LogP contribution in [0.25, 0.3) is 0 Å². The quantitative estimate of drug-likeness (QED) is 0.770. The van der Waals surface area contributed by atoms with E-state index in [0.29, 0.717) is 19.6 Å². The maximum Gasteiger partial charge on any atom is 0.123 e. The molecule has 0 amide bonds. The van der Waals surface area contributed by atoms with E-state index in [1.807, 2.05) is 30.3 Å². The zero-order valence-electron chi connectivity index (χ0n) is 13.4. The highest BCUT2D eigenvalue weighted by molar-refractivity contribution is 5.33. The van der Waals surface area contributed by atoms with Crippen LogP contribution in [0.2, 0.25) is 0 Å². The average Bonchev–Trinajstić information content (AvgIpc) is 3.01. The van der Waals surface area contributed by atoms with Crippen LogP contribution in [0.4, 0.5) is 0 Å². The molecular weight excluding hydrogens is 278 g/mol. The van der Waals surface area contributed by atoms with E-state index in [1.54, 1.807) is 13.4 Å². The summed E-state index contributed by atoms with van der Waals surface area (Å²) in [5.74, 6) is 1.77. The molecule has 1 atom stereocenters. The van der Waals surface area contributed by atoms with Crippen LogP contribution in [0.15, 0.2) is 47.1 Å². The summed E-state index contributed by atoms with van der Waals surface area (Å²) in [5, 5.41) is 10.1. The van der Waals surface area contributed by atoms with Gasteiger partial charge in [0.1, 0.15) is 11.5 Å². The van der Waals surface area contributed by atoms with Gasteiger partial charge in [0.15, 0.2) is 0 Å².